The first kappa shape index (κ1) is 19.0. The van der Waals surface area contributed by atoms with Crippen molar-refractivity contribution in [2.45, 2.75) is 37.6 Å². The van der Waals surface area contributed by atoms with E-state index >= 15 is 0 Å². The molecule has 5 nitrogen and oxygen atoms in total. The highest BCUT2D eigenvalue weighted by Crippen LogP contribution is 2.26. The van der Waals surface area contributed by atoms with Gasteiger partial charge in [0.05, 0.1) is 5.75 Å². The zero-order valence-corrected chi connectivity index (χ0v) is 17.2. The number of benzene rings is 1. The van der Waals surface area contributed by atoms with Crippen molar-refractivity contribution in [2.75, 3.05) is 18.8 Å². The molecule has 1 fully saturated rings. The Morgan fingerprint density at radius 2 is 2.04 bits per heavy atom. The van der Waals surface area contributed by atoms with Gasteiger partial charge in [-0.15, -0.1) is 11.8 Å². The van der Waals surface area contributed by atoms with Crippen LogP contribution in [0.3, 0.4) is 0 Å². The summed E-state index contributed by atoms with van der Waals surface area (Å²) in [7, 11) is 0. The van der Waals surface area contributed by atoms with Gasteiger partial charge in [0.25, 0.3) is 0 Å². The lowest BCUT2D eigenvalue weighted by molar-refractivity contribution is -0.127. The molecule has 6 heteroatoms. The predicted octanol–water partition coefficient (Wildman–Crippen LogP) is 4.20. The van der Waals surface area contributed by atoms with E-state index < -0.39 is 0 Å². The topological polar surface area (TPSA) is 51.0 Å². The molecule has 1 atom stereocenters. The zero-order valence-electron chi connectivity index (χ0n) is 16.4. The van der Waals surface area contributed by atoms with Gasteiger partial charge in [0.1, 0.15) is 11.3 Å². The third kappa shape index (κ3) is 4.07. The van der Waals surface area contributed by atoms with Gasteiger partial charge in [-0.3, -0.25) is 4.79 Å². The van der Waals surface area contributed by atoms with Gasteiger partial charge in [0.2, 0.25) is 5.91 Å². The molecule has 0 N–H and O–H groups in total. The number of rotatable bonds is 6. The number of aromatic nitrogens is 3. The molecule has 3 heterocycles. The van der Waals surface area contributed by atoms with Crippen molar-refractivity contribution in [2.24, 2.45) is 5.92 Å². The molecule has 4 rings (SSSR count). The lowest BCUT2D eigenvalue weighted by Gasteiger charge is -2.17. The summed E-state index contributed by atoms with van der Waals surface area (Å²) < 4.78 is 2.24. The quantitative estimate of drug-likeness (QED) is 0.588. The molecule has 0 radical (unpaired) electrons. The van der Waals surface area contributed by atoms with E-state index in [4.69, 9.17) is 4.98 Å². The maximum absolute atomic E-state index is 12.6. The molecule has 0 saturated carbocycles. The van der Waals surface area contributed by atoms with E-state index in [0.717, 1.165) is 47.8 Å². The Morgan fingerprint density at radius 1 is 1.21 bits per heavy atom. The summed E-state index contributed by atoms with van der Waals surface area (Å²) in [5, 5.41) is 0. The number of fused-ring (bicyclic) bond motifs is 1. The third-order valence-corrected chi connectivity index (χ3v) is 6.25. The molecule has 28 heavy (non-hydrogen) atoms. The Morgan fingerprint density at radius 3 is 2.82 bits per heavy atom. The smallest absolute Gasteiger partial charge is 0.232 e. The maximum atomic E-state index is 12.6. The highest BCUT2D eigenvalue weighted by Gasteiger charge is 2.28. The van der Waals surface area contributed by atoms with E-state index in [-0.39, 0.29) is 5.91 Å². The molecule has 1 aliphatic rings. The Labute approximate surface area is 170 Å². The van der Waals surface area contributed by atoms with Crippen molar-refractivity contribution in [3.8, 4) is 0 Å². The minimum atomic E-state index is 0.232. The summed E-state index contributed by atoms with van der Waals surface area (Å²) in [5.74, 6) is 2.28. The average molecular weight is 395 g/mol. The first-order valence-corrected chi connectivity index (χ1v) is 10.9. The first-order valence-electron chi connectivity index (χ1n) is 9.89. The van der Waals surface area contributed by atoms with Gasteiger partial charge < -0.3 is 9.47 Å². The van der Waals surface area contributed by atoms with Gasteiger partial charge in [0.15, 0.2) is 5.65 Å². The molecular weight excluding hydrogens is 368 g/mol. The maximum Gasteiger partial charge on any atom is 0.232 e. The monoisotopic (exact) mass is 394 g/mol. The summed E-state index contributed by atoms with van der Waals surface area (Å²) in [6.45, 7) is 6.01. The number of pyridine rings is 1. The lowest BCUT2D eigenvalue weighted by Crippen LogP contribution is -2.30. The van der Waals surface area contributed by atoms with E-state index in [9.17, 15) is 4.79 Å². The highest BCUT2D eigenvalue weighted by atomic mass is 32.2. The predicted molar refractivity (Wildman–Crippen MR) is 113 cm³/mol. The standard InChI is InChI=1S/C22H26N4OS/c1-16(2)26-20(24-19-9-6-11-23-22(19)26)13-17-10-12-25(14-17)21(27)15-28-18-7-4-3-5-8-18/h3-9,11,16-17H,10,12-15H2,1-2H3/t17-/m1/s1. The molecule has 0 bridgehead atoms. The first-order chi connectivity index (χ1) is 13.6. The van der Waals surface area contributed by atoms with Crippen LogP contribution in [0.2, 0.25) is 0 Å². The number of likely N-dealkylation sites (tertiary alicyclic amines) is 1. The van der Waals surface area contributed by atoms with Crippen molar-refractivity contribution in [3.63, 3.8) is 0 Å². The number of carbonyl (C=O) groups is 1. The van der Waals surface area contributed by atoms with Gasteiger partial charge in [-0.1, -0.05) is 18.2 Å². The average Bonchev–Trinajstić information content (AvgIpc) is 3.31. The van der Waals surface area contributed by atoms with Crippen molar-refractivity contribution < 1.29 is 4.79 Å². The van der Waals surface area contributed by atoms with Crippen LogP contribution in [0.4, 0.5) is 0 Å². The SMILES string of the molecule is CC(C)n1c(C[C@H]2CCN(C(=O)CSc3ccccc3)C2)nc2cccnc21. The highest BCUT2D eigenvalue weighted by molar-refractivity contribution is 8.00. The molecule has 1 aliphatic heterocycles. The number of imidazole rings is 1. The number of hydrogen-bond acceptors (Lipinski definition) is 4. The van der Waals surface area contributed by atoms with Gasteiger partial charge in [0, 0.05) is 36.6 Å². The zero-order chi connectivity index (χ0) is 19.5. The van der Waals surface area contributed by atoms with Crippen molar-refractivity contribution in [1.29, 1.82) is 0 Å². The molecule has 2 aromatic heterocycles. The van der Waals surface area contributed by atoms with Crippen LogP contribution in [0.15, 0.2) is 53.6 Å². The fourth-order valence-electron chi connectivity index (χ4n) is 3.90. The van der Waals surface area contributed by atoms with Gasteiger partial charge >= 0.3 is 0 Å². The molecule has 0 spiro atoms. The van der Waals surface area contributed by atoms with Crippen LogP contribution in [0.5, 0.6) is 0 Å². The van der Waals surface area contributed by atoms with E-state index in [1.807, 2.05) is 41.4 Å². The summed E-state index contributed by atoms with van der Waals surface area (Å²) >= 11 is 1.61. The molecular formula is C22H26N4OS. The number of thioether (sulfide) groups is 1. The second kappa shape index (κ2) is 8.35. The van der Waals surface area contributed by atoms with Gasteiger partial charge in [-0.2, -0.15) is 0 Å². The number of hydrogen-bond donors (Lipinski definition) is 0. The van der Waals surface area contributed by atoms with Crippen LogP contribution < -0.4 is 0 Å². The molecule has 0 unspecified atom stereocenters. The minimum Gasteiger partial charge on any atom is -0.342 e. The van der Waals surface area contributed by atoms with Crippen LogP contribution in [0.1, 0.15) is 32.1 Å². The second-order valence-electron chi connectivity index (χ2n) is 7.64. The molecule has 0 aliphatic carbocycles. The number of amides is 1. The van der Waals surface area contributed by atoms with E-state index in [1.165, 1.54) is 0 Å². The fraction of sp³-hybridized carbons (Fsp3) is 0.409. The van der Waals surface area contributed by atoms with Crippen LogP contribution in [-0.2, 0) is 11.2 Å². The summed E-state index contributed by atoms with van der Waals surface area (Å²) in [4.78, 5) is 25.1. The third-order valence-electron chi connectivity index (χ3n) is 5.25. The largest absolute Gasteiger partial charge is 0.342 e. The van der Waals surface area contributed by atoms with Crippen LogP contribution >= 0.6 is 11.8 Å². The van der Waals surface area contributed by atoms with E-state index in [0.29, 0.717) is 17.7 Å². The molecule has 1 amide bonds. The fourth-order valence-corrected chi connectivity index (χ4v) is 4.72. The molecule has 1 aromatic carbocycles. The van der Waals surface area contributed by atoms with Crippen LogP contribution in [0.25, 0.3) is 11.2 Å². The van der Waals surface area contributed by atoms with Gasteiger partial charge in [-0.25, -0.2) is 9.97 Å². The summed E-state index contributed by atoms with van der Waals surface area (Å²) in [5.41, 5.74) is 1.91. The van der Waals surface area contributed by atoms with Crippen molar-refractivity contribution in [1.82, 2.24) is 19.4 Å². The van der Waals surface area contributed by atoms with Crippen molar-refractivity contribution in [3.05, 3.63) is 54.5 Å². The Hall–Kier alpha value is -2.34. The summed E-state index contributed by atoms with van der Waals surface area (Å²) in [6, 6.07) is 14.4. The van der Waals surface area contributed by atoms with E-state index in [1.54, 1.807) is 11.8 Å². The summed E-state index contributed by atoms with van der Waals surface area (Å²) in [6.07, 6.45) is 3.76. The van der Waals surface area contributed by atoms with E-state index in [2.05, 4.69) is 35.5 Å². The molecule has 3 aromatic rings. The van der Waals surface area contributed by atoms with Crippen LogP contribution in [0, 0.1) is 5.92 Å². The number of nitrogens with zero attached hydrogens (tertiary/aromatic N) is 4. The lowest BCUT2D eigenvalue weighted by atomic mass is 10.0. The van der Waals surface area contributed by atoms with Crippen molar-refractivity contribution >= 4 is 28.8 Å². The van der Waals surface area contributed by atoms with Gasteiger partial charge in [-0.05, 0) is 50.5 Å². The second-order valence-corrected chi connectivity index (χ2v) is 8.69. The Kier molecular flexibility index (Phi) is 5.67. The number of carbonyl (C=O) groups excluding carboxylic acids is 1. The normalized spacial score (nSPS) is 17.0. The molecule has 1 saturated heterocycles. The Bertz CT molecular complexity index is 954. The molecule has 146 valence electrons. The minimum absolute atomic E-state index is 0.232. The Balaban J connectivity index is 1.39. The van der Waals surface area contributed by atoms with Crippen LogP contribution in [-0.4, -0.2) is 44.2 Å².